The summed E-state index contributed by atoms with van der Waals surface area (Å²) < 4.78 is 4.87. The van der Waals surface area contributed by atoms with E-state index in [1.54, 1.807) is 4.88 Å². The molecule has 0 spiro atoms. The number of fused-ring (bicyclic) bond motifs is 1. The van der Waals surface area contributed by atoms with Gasteiger partial charge in [0, 0.05) is 22.8 Å². The number of thiophene rings is 1. The summed E-state index contributed by atoms with van der Waals surface area (Å²) in [4.78, 5) is 14.1. The second kappa shape index (κ2) is 6.17. The highest BCUT2D eigenvalue weighted by Crippen LogP contribution is 2.30. The van der Waals surface area contributed by atoms with Crippen molar-refractivity contribution in [2.45, 2.75) is 39.2 Å². The van der Waals surface area contributed by atoms with E-state index in [4.69, 9.17) is 4.74 Å². The number of aryl methyl sites for hydroxylation is 2. The molecule has 0 saturated heterocycles. The Kier molecular flexibility index (Phi) is 4.57. The molecule has 0 radical (unpaired) electrons. The standard InChI is InChI=1S/C13H19NO2S/c1-2-16-13(15)6-7-14-9-11-8-10-4-3-5-12(10)17-11/h8,14H,2-7,9H2,1H3. The second-order valence-corrected chi connectivity index (χ2v) is 5.47. The van der Waals surface area contributed by atoms with Crippen molar-refractivity contribution in [2.24, 2.45) is 0 Å². The lowest BCUT2D eigenvalue weighted by Crippen LogP contribution is -2.18. The molecule has 2 rings (SSSR count). The van der Waals surface area contributed by atoms with Gasteiger partial charge in [0.25, 0.3) is 0 Å². The molecule has 0 aromatic carbocycles. The fourth-order valence-electron chi connectivity index (χ4n) is 2.11. The molecule has 0 amide bonds. The maximum atomic E-state index is 11.1. The van der Waals surface area contributed by atoms with E-state index in [1.807, 2.05) is 18.3 Å². The molecule has 1 aliphatic rings. The summed E-state index contributed by atoms with van der Waals surface area (Å²) in [6.45, 7) is 3.87. The summed E-state index contributed by atoms with van der Waals surface area (Å²) in [5.41, 5.74) is 1.54. The van der Waals surface area contributed by atoms with Crippen LogP contribution in [0.5, 0.6) is 0 Å². The molecular weight excluding hydrogens is 234 g/mol. The van der Waals surface area contributed by atoms with Crippen LogP contribution in [-0.2, 0) is 28.9 Å². The number of rotatable bonds is 6. The molecule has 1 heterocycles. The Hall–Kier alpha value is -0.870. The number of carbonyl (C=O) groups is 1. The maximum absolute atomic E-state index is 11.1. The van der Waals surface area contributed by atoms with E-state index in [0.29, 0.717) is 19.6 Å². The fourth-order valence-corrected chi connectivity index (χ4v) is 3.34. The topological polar surface area (TPSA) is 38.3 Å². The first-order valence-corrected chi connectivity index (χ1v) is 7.08. The molecule has 0 bridgehead atoms. The highest BCUT2D eigenvalue weighted by Gasteiger charge is 2.14. The number of hydrogen-bond donors (Lipinski definition) is 1. The van der Waals surface area contributed by atoms with Crippen molar-refractivity contribution >= 4 is 17.3 Å². The van der Waals surface area contributed by atoms with Gasteiger partial charge >= 0.3 is 5.97 Å². The summed E-state index contributed by atoms with van der Waals surface area (Å²) in [5.74, 6) is -0.117. The van der Waals surface area contributed by atoms with Crippen molar-refractivity contribution in [3.8, 4) is 0 Å². The van der Waals surface area contributed by atoms with Crippen LogP contribution in [0, 0.1) is 0 Å². The van der Waals surface area contributed by atoms with Crippen LogP contribution in [0.25, 0.3) is 0 Å². The van der Waals surface area contributed by atoms with Crippen LogP contribution in [0.3, 0.4) is 0 Å². The maximum Gasteiger partial charge on any atom is 0.307 e. The predicted molar refractivity (Wildman–Crippen MR) is 69.3 cm³/mol. The average molecular weight is 253 g/mol. The molecule has 0 aliphatic heterocycles. The van der Waals surface area contributed by atoms with E-state index >= 15 is 0 Å². The van der Waals surface area contributed by atoms with Crippen molar-refractivity contribution in [1.29, 1.82) is 0 Å². The third kappa shape index (κ3) is 3.54. The van der Waals surface area contributed by atoms with Crippen LogP contribution in [0.4, 0.5) is 0 Å². The van der Waals surface area contributed by atoms with Gasteiger partial charge in [0.1, 0.15) is 0 Å². The Labute approximate surface area is 106 Å². The van der Waals surface area contributed by atoms with E-state index in [-0.39, 0.29) is 5.97 Å². The molecule has 94 valence electrons. The average Bonchev–Trinajstić information content (AvgIpc) is 2.85. The number of esters is 1. The molecule has 3 nitrogen and oxygen atoms in total. The molecule has 1 aliphatic carbocycles. The van der Waals surface area contributed by atoms with Crippen LogP contribution >= 0.6 is 11.3 Å². The monoisotopic (exact) mass is 253 g/mol. The highest BCUT2D eigenvalue weighted by molar-refractivity contribution is 7.12. The van der Waals surface area contributed by atoms with Gasteiger partial charge in [-0.25, -0.2) is 0 Å². The molecule has 1 aromatic heterocycles. The Bertz CT molecular complexity index is 365. The summed E-state index contributed by atoms with van der Waals surface area (Å²) in [6, 6.07) is 2.31. The van der Waals surface area contributed by atoms with Gasteiger partial charge in [-0.15, -0.1) is 11.3 Å². The molecule has 0 saturated carbocycles. The molecule has 4 heteroatoms. The predicted octanol–water partition coefficient (Wildman–Crippen LogP) is 2.28. The minimum atomic E-state index is -0.117. The van der Waals surface area contributed by atoms with Crippen LogP contribution < -0.4 is 5.32 Å². The van der Waals surface area contributed by atoms with Crippen LogP contribution in [0.2, 0.25) is 0 Å². The zero-order valence-electron chi connectivity index (χ0n) is 10.3. The normalized spacial score (nSPS) is 13.7. The fraction of sp³-hybridized carbons (Fsp3) is 0.615. The molecule has 0 unspecified atom stereocenters. The van der Waals surface area contributed by atoms with E-state index in [9.17, 15) is 4.79 Å². The zero-order chi connectivity index (χ0) is 12.1. The molecule has 1 N–H and O–H groups in total. The summed E-state index contributed by atoms with van der Waals surface area (Å²) >= 11 is 1.91. The first-order valence-electron chi connectivity index (χ1n) is 6.26. The number of ether oxygens (including phenoxy) is 1. The first kappa shape index (κ1) is 12.6. The summed E-state index contributed by atoms with van der Waals surface area (Å²) in [6.07, 6.45) is 4.27. The van der Waals surface area contributed by atoms with E-state index in [0.717, 1.165) is 6.54 Å². The molecular formula is C13H19NO2S. The minimum Gasteiger partial charge on any atom is -0.466 e. The van der Waals surface area contributed by atoms with Gasteiger partial charge in [-0.3, -0.25) is 4.79 Å². The molecule has 0 fully saturated rings. The Morgan fingerprint density at radius 3 is 3.18 bits per heavy atom. The van der Waals surface area contributed by atoms with Gasteiger partial charge in [-0.1, -0.05) is 0 Å². The second-order valence-electron chi connectivity index (χ2n) is 4.25. The molecule has 0 atom stereocenters. The van der Waals surface area contributed by atoms with Crippen molar-refractivity contribution in [3.63, 3.8) is 0 Å². The Balaban J connectivity index is 1.66. The molecule has 17 heavy (non-hydrogen) atoms. The van der Waals surface area contributed by atoms with Crippen LogP contribution in [0.15, 0.2) is 6.07 Å². The van der Waals surface area contributed by atoms with E-state index in [1.165, 1.54) is 29.7 Å². The lowest BCUT2D eigenvalue weighted by molar-refractivity contribution is -0.142. The third-order valence-electron chi connectivity index (χ3n) is 2.91. The smallest absolute Gasteiger partial charge is 0.307 e. The van der Waals surface area contributed by atoms with Gasteiger partial charge < -0.3 is 10.1 Å². The lowest BCUT2D eigenvalue weighted by atomic mass is 10.2. The summed E-state index contributed by atoms with van der Waals surface area (Å²) in [5, 5.41) is 3.29. The Morgan fingerprint density at radius 1 is 1.53 bits per heavy atom. The van der Waals surface area contributed by atoms with Crippen molar-refractivity contribution in [3.05, 3.63) is 21.4 Å². The quantitative estimate of drug-likeness (QED) is 0.624. The SMILES string of the molecule is CCOC(=O)CCNCc1cc2c(s1)CCC2. The van der Waals surface area contributed by atoms with Gasteiger partial charge in [0.2, 0.25) is 0 Å². The third-order valence-corrected chi connectivity index (χ3v) is 4.15. The van der Waals surface area contributed by atoms with E-state index < -0.39 is 0 Å². The zero-order valence-corrected chi connectivity index (χ0v) is 11.1. The highest BCUT2D eigenvalue weighted by atomic mass is 32.1. The first-order chi connectivity index (χ1) is 8.29. The largest absolute Gasteiger partial charge is 0.466 e. The Morgan fingerprint density at radius 2 is 2.41 bits per heavy atom. The van der Waals surface area contributed by atoms with Gasteiger partial charge in [0.05, 0.1) is 13.0 Å². The minimum absolute atomic E-state index is 0.117. The summed E-state index contributed by atoms with van der Waals surface area (Å²) in [7, 11) is 0. The van der Waals surface area contributed by atoms with Gasteiger partial charge in [-0.2, -0.15) is 0 Å². The van der Waals surface area contributed by atoms with Crippen molar-refractivity contribution < 1.29 is 9.53 Å². The van der Waals surface area contributed by atoms with Crippen LogP contribution in [0.1, 0.15) is 35.1 Å². The van der Waals surface area contributed by atoms with Gasteiger partial charge in [-0.05, 0) is 37.8 Å². The number of hydrogen-bond acceptors (Lipinski definition) is 4. The van der Waals surface area contributed by atoms with E-state index in [2.05, 4.69) is 11.4 Å². The number of nitrogens with one attached hydrogen (secondary N) is 1. The van der Waals surface area contributed by atoms with Crippen molar-refractivity contribution in [2.75, 3.05) is 13.2 Å². The van der Waals surface area contributed by atoms with Crippen molar-refractivity contribution in [1.82, 2.24) is 5.32 Å². The number of carbonyl (C=O) groups excluding carboxylic acids is 1. The molecule has 1 aromatic rings. The van der Waals surface area contributed by atoms with Crippen LogP contribution in [-0.4, -0.2) is 19.1 Å². The lowest BCUT2D eigenvalue weighted by Gasteiger charge is -2.03. The van der Waals surface area contributed by atoms with Gasteiger partial charge in [0.15, 0.2) is 0 Å².